The maximum atomic E-state index is 14.4. The van der Waals surface area contributed by atoms with E-state index < -0.39 is 48.9 Å². The maximum absolute atomic E-state index is 14.4. The van der Waals surface area contributed by atoms with Gasteiger partial charge in [-0.3, -0.25) is 23.8 Å². The van der Waals surface area contributed by atoms with E-state index in [2.05, 4.69) is 25.1 Å². The van der Waals surface area contributed by atoms with Crippen molar-refractivity contribution < 1.29 is 61.9 Å². The Kier molecular flexibility index (Phi) is 17.2. The summed E-state index contributed by atoms with van der Waals surface area (Å²) in [5.41, 5.74) is 7.58. The van der Waals surface area contributed by atoms with Crippen LogP contribution in [-0.2, 0) is 33.9 Å². The van der Waals surface area contributed by atoms with Gasteiger partial charge in [-0.05, 0) is 80.8 Å². The summed E-state index contributed by atoms with van der Waals surface area (Å²) in [5.74, 6) is 1.06. The van der Waals surface area contributed by atoms with Crippen LogP contribution < -0.4 is 30.2 Å². The number of carboxylic acid groups (broad SMARTS) is 1. The van der Waals surface area contributed by atoms with Crippen molar-refractivity contribution in [1.29, 1.82) is 0 Å². The Hall–Kier alpha value is -5.47. The van der Waals surface area contributed by atoms with Gasteiger partial charge < -0.3 is 40.0 Å². The number of halogens is 2. The van der Waals surface area contributed by atoms with Crippen LogP contribution in [0.25, 0.3) is 0 Å². The number of benzene rings is 3. The quantitative estimate of drug-likeness (QED) is 0.0583. The zero-order chi connectivity index (χ0) is 47.7. The molecule has 2 heterocycles. The fraction of sp³-hybridized carbons (Fsp3) is 0.422. The average Bonchev–Trinajstić information content (AvgIpc) is 3.49. The van der Waals surface area contributed by atoms with E-state index in [0.717, 1.165) is 46.6 Å². The van der Waals surface area contributed by atoms with Gasteiger partial charge >= 0.3 is 12.0 Å². The number of anilines is 2. The van der Waals surface area contributed by atoms with Crippen LogP contribution >= 0.6 is 19.0 Å². The molecule has 4 atom stereocenters. The van der Waals surface area contributed by atoms with Gasteiger partial charge in [0.1, 0.15) is 34.9 Å². The smallest absolute Gasteiger partial charge is 0.345 e. The summed E-state index contributed by atoms with van der Waals surface area (Å²) in [5, 5.41) is 12.1. The van der Waals surface area contributed by atoms with E-state index in [4.69, 9.17) is 57.5 Å². The fourth-order valence-electron chi connectivity index (χ4n) is 6.98. The molecule has 0 saturated carbocycles. The van der Waals surface area contributed by atoms with Crippen molar-refractivity contribution in [2.45, 2.75) is 89.6 Å². The predicted octanol–water partition coefficient (Wildman–Crippen LogP) is 8.24. The SMILES string of the molecule is C#CC(C)Oc1cc(N2C(=O)C3=C(CCCC3)C2=O)c(F)cc1Cl.CON(C)C(=O)Nc1ccc(Oc2ccc3c(c2)OC(C)(OC)CC3(C)C)cc1.CP(=O)(O)CCC(N)C(=O)O. The third-order valence-corrected chi connectivity index (χ3v) is 11.8. The first-order valence-corrected chi connectivity index (χ1v) is 22.8. The minimum Gasteiger partial charge on any atom is -0.480 e. The highest BCUT2D eigenvalue weighted by molar-refractivity contribution is 7.57. The minimum absolute atomic E-state index is 0.0233. The zero-order valence-corrected chi connectivity index (χ0v) is 38.7. The van der Waals surface area contributed by atoms with Gasteiger partial charge in [-0.1, -0.05) is 37.4 Å². The molecular formula is C45H55ClFN4O12P. The Morgan fingerprint density at radius 2 is 1.66 bits per heavy atom. The zero-order valence-electron chi connectivity index (χ0n) is 37.0. The van der Waals surface area contributed by atoms with E-state index in [1.807, 2.05) is 25.1 Å². The normalized spacial score (nSPS) is 19.1. The highest BCUT2D eigenvalue weighted by Crippen LogP contribution is 2.47. The fourth-order valence-corrected chi connectivity index (χ4v) is 7.93. The molecule has 5 N–H and O–H groups in total. The molecule has 3 aliphatic rings. The van der Waals surface area contributed by atoms with E-state index in [0.29, 0.717) is 41.2 Å². The molecule has 346 valence electrons. The first-order valence-electron chi connectivity index (χ1n) is 20.2. The molecule has 16 nitrogen and oxygen atoms in total. The molecule has 6 rings (SSSR count). The molecular weight excluding hydrogens is 874 g/mol. The average molecular weight is 929 g/mol. The van der Waals surface area contributed by atoms with Crippen molar-refractivity contribution in [2.75, 3.05) is 44.3 Å². The number of hydrogen-bond donors (Lipinski definition) is 4. The number of hydrogen-bond acceptors (Lipinski definition) is 11. The second-order valence-corrected chi connectivity index (χ2v) is 19.1. The van der Waals surface area contributed by atoms with Gasteiger partial charge in [0.2, 0.25) is 5.79 Å². The number of rotatable bonds is 12. The van der Waals surface area contributed by atoms with Crippen molar-refractivity contribution in [1.82, 2.24) is 5.06 Å². The van der Waals surface area contributed by atoms with Gasteiger partial charge in [0.05, 0.1) is 17.8 Å². The lowest BCUT2D eigenvalue weighted by Crippen LogP contribution is -2.45. The Morgan fingerprint density at radius 3 is 2.19 bits per heavy atom. The van der Waals surface area contributed by atoms with Gasteiger partial charge in [0.25, 0.3) is 11.8 Å². The van der Waals surface area contributed by atoms with E-state index in [-0.39, 0.29) is 40.5 Å². The number of nitrogens with two attached hydrogens (primary N) is 1. The van der Waals surface area contributed by atoms with Gasteiger partial charge in [-0.25, -0.2) is 19.1 Å². The number of urea groups is 1. The van der Waals surface area contributed by atoms with Crippen LogP contribution in [0.3, 0.4) is 0 Å². The first kappa shape index (κ1) is 51.2. The van der Waals surface area contributed by atoms with Crippen LogP contribution in [0.1, 0.15) is 71.8 Å². The van der Waals surface area contributed by atoms with Crippen LogP contribution in [-0.4, -0.2) is 90.9 Å². The van der Waals surface area contributed by atoms with Crippen LogP contribution in [0.4, 0.5) is 20.6 Å². The topological polar surface area (TPSA) is 216 Å². The molecule has 0 bridgehead atoms. The lowest BCUT2D eigenvalue weighted by Gasteiger charge is -2.43. The standard InChI is InChI=1S/C22H28N2O5.C18H15ClFNO3.C5H12NO4P/c1-21(2)14-22(3,26-5)29-19-13-17(11-12-18(19)21)28-16-9-7-15(8-10-16)23-20(25)24(4)27-6;1-3-10(2)24-16-9-15(14(20)8-13(16)19)21-17(22)11-6-4-5-7-12(11)18(21)23;1-11(9,10)3-2-4(6)5(7)8/h7-13H,14H2,1-6H3,(H,23,25);1,8-10H,4-7H2,2H3;4H,2-3,6H2,1H3,(H,7,8)(H,9,10). The number of imide groups is 1. The summed E-state index contributed by atoms with van der Waals surface area (Å²) in [4.78, 5) is 61.5. The Morgan fingerprint density at radius 1 is 1.06 bits per heavy atom. The molecule has 0 radical (unpaired) electrons. The number of methoxy groups -OCH3 is 1. The second-order valence-electron chi connectivity index (χ2n) is 16.2. The van der Waals surface area contributed by atoms with Crippen LogP contribution in [0.5, 0.6) is 23.0 Å². The molecule has 1 aliphatic carbocycles. The number of fused-ring (bicyclic) bond motifs is 1. The number of carboxylic acids is 1. The molecule has 19 heteroatoms. The molecule has 0 spiro atoms. The van der Waals surface area contributed by atoms with E-state index in [1.165, 1.54) is 26.9 Å². The van der Waals surface area contributed by atoms with E-state index in [1.54, 1.807) is 38.3 Å². The molecule has 4 amide bonds. The van der Waals surface area contributed by atoms with Crippen LogP contribution in [0.2, 0.25) is 5.02 Å². The van der Waals surface area contributed by atoms with Gasteiger partial charge in [0, 0.05) is 74.9 Å². The third kappa shape index (κ3) is 13.3. The van der Waals surface area contributed by atoms with Gasteiger partial charge in [-0.15, -0.1) is 6.42 Å². The van der Waals surface area contributed by atoms with Crippen molar-refractivity contribution in [3.8, 4) is 35.3 Å². The van der Waals surface area contributed by atoms with E-state index in [9.17, 15) is 28.1 Å². The third-order valence-electron chi connectivity index (χ3n) is 10.4. The molecule has 64 heavy (non-hydrogen) atoms. The molecule has 0 fully saturated rings. The highest BCUT2D eigenvalue weighted by atomic mass is 35.5. The van der Waals surface area contributed by atoms with Crippen LogP contribution in [0.15, 0.2) is 65.7 Å². The minimum atomic E-state index is -3.10. The number of terminal acetylenes is 1. The predicted molar refractivity (Wildman–Crippen MR) is 240 cm³/mol. The Labute approximate surface area is 377 Å². The van der Waals surface area contributed by atoms with Crippen molar-refractivity contribution in [2.24, 2.45) is 5.73 Å². The van der Waals surface area contributed by atoms with Crippen molar-refractivity contribution in [3.05, 3.63) is 82.1 Å². The number of nitrogens with one attached hydrogen (secondary N) is 1. The summed E-state index contributed by atoms with van der Waals surface area (Å²) >= 11 is 5.97. The number of hydroxylamine groups is 2. The number of amides is 4. The number of aliphatic carboxylic acids is 1. The second kappa shape index (κ2) is 21.5. The maximum Gasteiger partial charge on any atom is 0.345 e. The van der Waals surface area contributed by atoms with Crippen molar-refractivity contribution in [3.63, 3.8) is 0 Å². The van der Waals surface area contributed by atoms with Crippen molar-refractivity contribution >= 4 is 54.2 Å². The summed E-state index contributed by atoms with van der Waals surface area (Å²) in [6.45, 7) is 9.12. The summed E-state index contributed by atoms with van der Waals surface area (Å²) in [7, 11) is 1.51. The number of ether oxygens (including phenoxy) is 4. The van der Waals surface area contributed by atoms with Gasteiger partial charge in [0.15, 0.2) is 13.5 Å². The molecule has 0 saturated heterocycles. The number of carbonyl (C=O) groups excluding carboxylic acids is 3. The summed E-state index contributed by atoms with van der Waals surface area (Å²) < 4.78 is 48.1. The lowest BCUT2D eigenvalue weighted by atomic mass is 9.76. The Bertz CT molecular complexity index is 2320. The number of nitrogens with zero attached hydrogens (tertiary/aromatic N) is 2. The number of carbonyl (C=O) groups is 4. The lowest BCUT2D eigenvalue weighted by molar-refractivity contribution is -0.172. The van der Waals surface area contributed by atoms with E-state index >= 15 is 0 Å². The molecule has 4 unspecified atom stereocenters. The molecule has 2 aliphatic heterocycles. The Balaban J connectivity index is 0.000000231. The molecule has 3 aromatic rings. The molecule has 3 aromatic carbocycles. The first-order chi connectivity index (χ1) is 29.9. The van der Waals surface area contributed by atoms with Crippen LogP contribution in [0, 0.1) is 18.2 Å². The summed E-state index contributed by atoms with van der Waals surface area (Å²) in [6.07, 6.45) is 8.23. The molecule has 0 aromatic heterocycles. The summed E-state index contributed by atoms with van der Waals surface area (Å²) in [6, 6.07) is 13.8. The highest BCUT2D eigenvalue weighted by Gasteiger charge is 2.43. The monoisotopic (exact) mass is 928 g/mol. The van der Waals surface area contributed by atoms with Gasteiger partial charge in [-0.2, -0.15) is 0 Å². The largest absolute Gasteiger partial charge is 0.480 e.